The van der Waals surface area contributed by atoms with Gasteiger partial charge in [0, 0.05) is 25.2 Å². The lowest BCUT2D eigenvalue weighted by Gasteiger charge is -2.32. The molecule has 0 radical (unpaired) electrons. The first-order valence-electron chi connectivity index (χ1n) is 6.54. The molecule has 1 saturated heterocycles. The third-order valence-electron chi connectivity index (χ3n) is 3.40. The van der Waals surface area contributed by atoms with Gasteiger partial charge in [0.15, 0.2) is 4.34 Å². The number of piperidine rings is 1. The molecule has 0 bridgehead atoms. The lowest BCUT2D eigenvalue weighted by atomic mass is 10.1. The predicted octanol–water partition coefficient (Wildman–Crippen LogP) is 2.07. The zero-order valence-electron chi connectivity index (χ0n) is 11.4. The molecule has 10 heteroatoms. The zero-order chi connectivity index (χ0) is 15.6. The van der Waals surface area contributed by atoms with Crippen molar-refractivity contribution in [3.8, 4) is 0 Å². The first-order valence-corrected chi connectivity index (χ1v) is 9.17. The van der Waals surface area contributed by atoms with E-state index in [2.05, 4.69) is 5.32 Å². The van der Waals surface area contributed by atoms with E-state index in [0.717, 1.165) is 36.8 Å². The summed E-state index contributed by atoms with van der Waals surface area (Å²) in [5.41, 5.74) is -0.363. The monoisotopic (exact) mass is 353 g/mol. The molecule has 2 heterocycles. The van der Waals surface area contributed by atoms with Crippen LogP contribution < -0.4 is 5.32 Å². The van der Waals surface area contributed by atoms with Gasteiger partial charge >= 0.3 is 0 Å². The summed E-state index contributed by atoms with van der Waals surface area (Å²) in [4.78, 5) is 10.1. The second-order valence-electron chi connectivity index (χ2n) is 4.69. The summed E-state index contributed by atoms with van der Waals surface area (Å²) in [6.07, 6.45) is 1.68. The standard InChI is InChI=1S/C11H16ClN3O4S2/c1-2-14(8-4-3-5-13-7-8)21(18,19)10-6-9(15(16)17)11(12)20-10/h6,8,13H,2-5,7H2,1H3. The Labute approximate surface area is 132 Å². The minimum absolute atomic E-state index is 0.0772. The molecule has 7 nitrogen and oxygen atoms in total. The number of rotatable bonds is 5. The Morgan fingerprint density at radius 2 is 2.33 bits per heavy atom. The zero-order valence-corrected chi connectivity index (χ0v) is 13.8. The quantitative estimate of drug-likeness (QED) is 0.646. The van der Waals surface area contributed by atoms with E-state index in [1.54, 1.807) is 6.92 Å². The van der Waals surface area contributed by atoms with Gasteiger partial charge in [-0.3, -0.25) is 10.1 Å². The molecule has 118 valence electrons. The molecule has 1 fully saturated rings. The van der Waals surface area contributed by atoms with Crippen LogP contribution in [0.25, 0.3) is 0 Å². The number of nitro groups is 1. The molecule has 1 unspecified atom stereocenters. The topological polar surface area (TPSA) is 92.6 Å². The van der Waals surface area contributed by atoms with E-state index in [1.807, 2.05) is 0 Å². The summed E-state index contributed by atoms with van der Waals surface area (Å²) >= 11 is 6.49. The summed E-state index contributed by atoms with van der Waals surface area (Å²) in [6.45, 7) is 3.55. The van der Waals surface area contributed by atoms with Gasteiger partial charge in [-0.2, -0.15) is 4.31 Å². The van der Waals surface area contributed by atoms with Crippen LogP contribution in [0, 0.1) is 10.1 Å². The van der Waals surface area contributed by atoms with Crippen LogP contribution in [0.5, 0.6) is 0 Å². The molecule has 0 aliphatic carbocycles. The molecule has 21 heavy (non-hydrogen) atoms. The number of sulfonamides is 1. The Hall–Kier alpha value is -0.740. The fourth-order valence-electron chi connectivity index (χ4n) is 2.41. The molecule has 0 amide bonds. The second-order valence-corrected chi connectivity index (χ2v) is 8.46. The van der Waals surface area contributed by atoms with E-state index >= 15 is 0 Å². The van der Waals surface area contributed by atoms with Crippen LogP contribution in [-0.2, 0) is 10.0 Å². The van der Waals surface area contributed by atoms with Gasteiger partial charge in [0.25, 0.3) is 15.7 Å². The maximum Gasteiger partial charge on any atom is 0.300 e. The molecule has 0 saturated carbocycles. The third-order valence-corrected chi connectivity index (χ3v) is 7.21. The Balaban J connectivity index is 2.34. The highest BCUT2D eigenvalue weighted by atomic mass is 35.5. The summed E-state index contributed by atoms with van der Waals surface area (Å²) in [6, 6.07) is 0.912. The maximum absolute atomic E-state index is 12.7. The Kier molecular flexibility index (Phi) is 5.20. The molecular formula is C11H16ClN3O4S2. The van der Waals surface area contributed by atoms with E-state index in [1.165, 1.54) is 4.31 Å². The van der Waals surface area contributed by atoms with Crippen molar-refractivity contribution in [1.82, 2.24) is 9.62 Å². The van der Waals surface area contributed by atoms with Crippen LogP contribution in [0.15, 0.2) is 10.3 Å². The van der Waals surface area contributed by atoms with E-state index in [0.29, 0.717) is 13.1 Å². The molecule has 1 aromatic heterocycles. The summed E-state index contributed by atoms with van der Waals surface area (Å²) in [5, 5.41) is 14.0. The average molecular weight is 354 g/mol. The first kappa shape index (κ1) is 16.6. The number of nitrogens with one attached hydrogen (secondary N) is 1. The van der Waals surface area contributed by atoms with Crippen LogP contribution in [-0.4, -0.2) is 43.3 Å². The van der Waals surface area contributed by atoms with Crippen LogP contribution in [0.1, 0.15) is 19.8 Å². The Morgan fingerprint density at radius 3 is 2.81 bits per heavy atom. The van der Waals surface area contributed by atoms with Gasteiger partial charge in [0.05, 0.1) is 4.92 Å². The van der Waals surface area contributed by atoms with Gasteiger partial charge in [-0.1, -0.05) is 18.5 Å². The number of hydrogen-bond acceptors (Lipinski definition) is 6. The minimum Gasteiger partial charge on any atom is -0.315 e. The molecular weight excluding hydrogens is 338 g/mol. The fourth-order valence-corrected chi connectivity index (χ4v) is 5.87. The minimum atomic E-state index is -3.76. The average Bonchev–Trinajstić information content (AvgIpc) is 2.83. The Bertz CT molecular complexity index is 625. The van der Waals surface area contributed by atoms with Gasteiger partial charge < -0.3 is 5.32 Å². The molecule has 2 rings (SSSR count). The summed E-state index contributed by atoms with van der Waals surface area (Å²) in [7, 11) is -3.76. The van der Waals surface area contributed by atoms with Gasteiger partial charge in [-0.15, -0.1) is 11.3 Å². The lowest BCUT2D eigenvalue weighted by molar-refractivity contribution is -0.384. The molecule has 1 aliphatic heterocycles. The predicted molar refractivity (Wildman–Crippen MR) is 81.4 cm³/mol. The third kappa shape index (κ3) is 3.37. The van der Waals surface area contributed by atoms with Crippen molar-refractivity contribution >= 4 is 38.6 Å². The molecule has 0 spiro atoms. The van der Waals surface area contributed by atoms with Gasteiger partial charge in [-0.25, -0.2) is 8.42 Å². The van der Waals surface area contributed by atoms with Gasteiger partial charge in [0.2, 0.25) is 0 Å². The SMILES string of the molecule is CCN(C1CCCNC1)S(=O)(=O)c1cc([N+](=O)[O-])c(Cl)s1. The largest absolute Gasteiger partial charge is 0.315 e. The highest BCUT2D eigenvalue weighted by Gasteiger charge is 2.34. The van der Waals surface area contributed by atoms with Crippen LogP contribution >= 0.6 is 22.9 Å². The first-order chi connectivity index (χ1) is 9.87. The van der Waals surface area contributed by atoms with Crippen molar-refractivity contribution in [3.05, 3.63) is 20.5 Å². The molecule has 1 atom stereocenters. The normalized spacial score (nSPS) is 19.9. The van der Waals surface area contributed by atoms with E-state index in [9.17, 15) is 18.5 Å². The second kappa shape index (κ2) is 6.57. The number of likely N-dealkylation sites (N-methyl/N-ethyl adjacent to an activating group) is 1. The van der Waals surface area contributed by atoms with Crippen molar-refractivity contribution in [1.29, 1.82) is 0 Å². The number of hydrogen-bond donors (Lipinski definition) is 1. The number of nitrogens with zero attached hydrogens (tertiary/aromatic N) is 2. The van der Waals surface area contributed by atoms with Crippen molar-refractivity contribution in [2.24, 2.45) is 0 Å². The van der Waals surface area contributed by atoms with E-state index in [4.69, 9.17) is 11.6 Å². The summed E-state index contributed by atoms with van der Waals surface area (Å²) in [5.74, 6) is 0. The lowest BCUT2D eigenvalue weighted by Crippen LogP contribution is -2.48. The highest BCUT2D eigenvalue weighted by molar-refractivity contribution is 7.91. The number of thiophene rings is 1. The van der Waals surface area contributed by atoms with Crippen LogP contribution in [0.3, 0.4) is 0 Å². The van der Waals surface area contributed by atoms with Crippen molar-refractivity contribution in [3.63, 3.8) is 0 Å². The van der Waals surface area contributed by atoms with Gasteiger partial charge in [-0.05, 0) is 19.4 Å². The van der Waals surface area contributed by atoms with Crippen molar-refractivity contribution < 1.29 is 13.3 Å². The Morgan fingerprint density at radius 1 is 1.62 bits per heavy atom. The highest BCUT2D eigenvalue weighted by Crippen LogP contribution is 2.38. The number of halogens is 1. The van der Waals surface area contributed by atoms with Crippen molar-refractivity contribution in [2.45, 2.75) is 30.0 Å². The summed E-state index contributed by atoms with van der Waals surface area (Å²) < 4.78 is 26.6. The van der Waals surface area contributed by atoms with Crippen LogP contribution in [0.2, 0.25) is 4.34 Å². The van der Waals surface area contributed by atoms with Crippen LogP contribution in [0.4, 0.5) is 5.69 Å². The molecule has 0 aromatic carbocycles. The molecule has 1 aromatic rings. The van der Waals surface area contributed by atoms with Crippen molar-refractivity contribution in [2.75, 3.05) is 19.6 Å². The molecule has 1 aliphatic rings. The fraction of sp³-hybridized carbons (Fsp3) is 0.636. The van der Waals surface area contributed by atoms with E-state index < -0.39 is 14.9 Å². The van der Waals surface area contributed by atoms with Gasteiger partial charge in [0.1, 0.15) is 4.21 Å². The maximum atomic E-state index is 12.7. The van der Waals surface area contributed by atoms with E-state index in [-0.39, 0.29) is 20.3 Å². The smallest absolute Gasteiger partial charge is 0.300 e. The molecule has 1 N–H and O–H groups in total.